The summed E-state index contributed by atoms with van der Waals surface area (Å²) in [4.78, 5) is 0. The standard InChI is InChI=1S/C15H21N3OS/c1-19-14-10-6-9-13(11-14)16-15(20)18-17-12-7-4-2-3-5-8-12/h6-7,9-11,17H,2-5,8H2,1H3,(H2,16,18,20). The van der Waals surface area contributed by atoms with E-state index < -0.39 is 0 Å². The first kappa shape index (κ1) is 14.7. The molecule has 0 aliphatic heterocycles. The molecule has 0 bridgehead atoms. The van der Waals surface area contributed by atoms with Gasteiger partial charge in [0.2, 0.25) is 0 Å². The van der Waals surface area contributed by atoms with Crippen LogP contribution in [0.1, 0.15) is 32.1 Å². The van der Waals surface area contributed by atoms with E-state index in [9.17, 15) is 0 Å². The maximum absolute atomic E-state index is 5.27. The van der Waals surface area contributed by atoms with E-state index in [1.54, 1.807) is 7.11 Å². The topological polar surface area (TPSA) is 45.3 Å². The summed E-state index contributed by atoms with van der Waals surface area (Å²) in [7, 11) is 1.65. The number of hydrogen-bond donors (Lipinski definition) is 3. The molecule has 0 amide bonds. The first-order valence-corrected chi connectivity index (χ1v) is 7.35. The van der Waals surface area contributed by atoms with Gasteiger partial charge in [-0.15, -0.1) is 0 Å². The molecule has 20 heavy (non-hydrogen) atoms. The highest BCUT2D eigenvalue weighted by atomic mass is 32.1. The molecule has 1 aliphatic rings. The smallest absolute Gasteiger partial charge is 0.189 e. The molecule has 0 unspecified atom stereocenters. The molecule has 1 aliphatic carbocycles. The summed E-state index contributed by atoms with van der Waals surface area (Å²) >= 11 is 5.27. The minimum atomic E-state index is 0.545. The molecule has 0 fully saturated rings. The lowest BCUT2D eigenvalue weighted by Gasteiger charge is -2.14. The molecule has 5 heteroatoms. The summed E-state index contributed by atoms with van der Waals surface area (Å²) in [6.45, 7) is 0. The molecule has 108 valence electrons. The number of rotatable bonds is 4. The van der Waals surface area contributed by atoms with Gasteiger partial charge in [-0.1, -0.05) is 18.6 Å². The Labute approximate surface area is 125 Å². The number of ether oxygens (including phenoxy) is 1. The summed E-state index contributed by atoms with van der Waals surface area (Å²) in [5, 5.41) is 3.67. The van der Waals surface area contributed by atoms with Crippen LogP contribution in [-0.2, 0) is 0 Å². The van der Waals surface area contributed by atoms with Crippen molar-refractivity contribution in [1.82, 2.24) is 10.9 Å². The van der Waals surface area contributed by atoms with Crippen LogP contribution in [0.25, 0.3) is 0 Å². The van der Waals surface area contributed by atoms with E-state index in [-0.39, 0.29) is 0 Å². The zero-order valence-corrected chi connectivity index (χ0v) is 12.6. The van der Waals surface area contributed by atoms with Gasteiger partial charge in [0, 0.05) is 17.5 Å². The van der Waals surface area contributed by atoms with E-state index in [1.807, 2.05) is 24.3 Å². The van der Waals surface area contributed by atoms with Gasteiger partial charge in [0.15, 0.2) is 5.11 Å². The Balaban J connectivity index is 1.81. The third-order valence-corrected chi connectivity index (χ3v) is 3.41. The zero-order chi connectivity index (χ0) is 14.2. The quantitative estimate of drug-likeness (QED) is 0.586. The molecule has 0 aromatic heterocycles. The van der Waals surface area contributed by atoms with E-state index in [0.29, 0.717) is 5.11 Å². The van der Waals surface area contributed by atoms with Crippen molar-refractivity contribution >= 4 is 23.0 Å². The Morgan fingerprint density at radius 3 is 3.00 bits per heavy atom. The molecule has 0 saturated carbocycles. The lowest BCUT2D eigenvalue weighted by molar-refractivity contribution is 0.415. The molecule has 1 aromatic carbocycles. The summed E-state index contributed by atoms with van der Waals surface area (Å²) in [6, 6.07) is 7.67. The number of allylic oxidation sites excluding steroid dienone is 2. The Kier molecular flexibility index (Phi) is 5.68. The Morgan fingerprint density at radius 1 is 1.25 bits per heavy atom. The Hall–Kier alpha value is -1.75. The molecule has 1 aromatic rings. The lowest BCUT2D eigenvalue weighted by atomic mass is 10.2. The highest BCUT2D eigenvalue weighted by Crippen LogP contribution is 2.17. The van der Waals surface area contributed by atoms with E-state index in [1.165, 1.54) is 25.0 Å². The summed E-state index contributed by atoms with van der Waals surface area (Å²) in [6.07, 6.45) is 8.27. The predicted octanol–water partition coefficient (Wildman–Crippen LogP) is 3.33. The summed E-state index contributed by atoms with van der Waals surface area (Å²) in [5.74, 6) is 0.803. The van der Waals surface area contributed by atoms with Crippen LogP contribution < -0.4 is 20.9 Å². The Bertz CT molecular complexity index is 488. The monoisotopic (exact) mass is 291 g/mol. The molecular weight excluding hydrogens is 270 g/mol. The molecule has 0 saturated heterocycles. The van der Waals surface area contributed by atoms with Gasteiger partial charge in [-0.05, 0) is 50.0 Å². The number of thiocarbonyl (C=S) groups is 1. The van der Waals surface area contributed by atoms with Crippen molar-refractivity contribution in [1.29, 1.82) is 0 Å². The predicted molar refractivity (Wildman–Crippen MR) is 86.7 cm³/mol. The fourth-order valence-electron chi connectivity index (χ4n) is 2.13. The molecule has 0 atom stereocenters. The van der Waals surface area contributed by atoms with Crippen LogP contribution in [0.2, 0.25) is 0 Å². The van der Waals surface area contributed by atoms with Crippen molar-refractivity contribution in [2.24, 2.45) is 0 Å². The largest absolute Gasteiger partial charge is 0.497 e. The van der Waals surface area contributed by atoms with Gasteiger partial charge >= 0.3 is 0 Å². The average Bonchev–Trinajstić information content (AvgIpc) is 2.74. The molecule has 0 radical (unpaired) electrons. The van der Waals surface area contributed by atoms with Crippen LogP contribution in [0.5, 0.6) is 5.75 Å². The van der Waals surface area contributed by atoms with Gasteiger partial charge in [-0.3, -0.25) is 5.43 Å². The highest BCUT2D eigenvalue weighted by Gasteiger charge is 2.03. The van der Waals surface area contributed by atoms with Crippen molar-refractivity contribution in [3.8, 4) is 5.75 Å². The van der Waals surface area contributed by atoms with Crippen molar-refractivity contribution in [3.05, 3.63) is 36.0 Å². The first-order valence-electron chi connectivity index (χ1n) is 6.94. The maximum atomic E-state index is 5.27. The van der Waals surface area contributed by atoms with E-state index in [0.717, 1.165) is 24.3 Å². The molecule has 2 rings (SSSR count). The zero-order valence-electron chi connectivity index (χ0n) is 11.7. The minimum Gasteiger partial charge on any atom is -0.497 e. The van der Waals surface area contributed by atoms with Crippen molar-refractivity contribution < 1.29 is 4.74 Å². The lowest BCUT2D eigenvalue weighted by Crippen LogP contribution is -2.39. The number of benzene rings is 1. The van der Waals surface area contributed by atoms with Crippen molar-refractivity contribution in [3.63, 3.8) is 0 Å². The molecule has 0 spiro atoms. The normalized spacial score (nSPS) is 14.8. The summed E-state index contributed by atoms with van der Waals surface area (Å²) < 4.78 is 5.18. The van der Waals surface area contributed by atoms with Crippen LogP contribution in [0.15, 0.2) is 36.0 Å². The average molecular weight is 291 g/mol. The van der Waals surface area contributed by atoms with E-state index in [2.05, 4.69) is 22.2 Å². The van der Waals surface area contributed by atoms with Gasteiger partial charge in [0.05, 0.1) is 7.11 Å². The second kappa shape index (κ2) is 7.75. The second-order valence-corrected chi connectivity index (χ2v) is 5.17. The van der Waals surface area contributed by atoms with Crippen LogP contribution in [-0.4, -0.2) is 12.2 Å². The number of nitrogens with one attached hydrogen (secondary N) is 3. The molecule has 0 heterocycles. The van der Waals surface area contributed by atoms with Gasteiger partial charge in [-0.2, -0.15) is 0 Å². The fraction of sp³-hybridized carbons (Fsp3) is 0.400. The SMILES string of the molecule is COc1cccc(NC(=S)NNC2=CCCCCC2)c1. The third-order valence-electron chi connectivity index (χ3n) is 3.21. The van der Waals surface area contributed by atoms with Gasteiger partial charge in [0.25, 0.3) is 0 Å². The van der Waals surface area contributed by atoms with Crippen LogP contribution >= 0.6 is 12.2 Å². The van der Waals surface area contributed by atoms with Crippen molar-refractivity contribution in [2.45, 2.75) is 32.1 Å². The maximum Gasteiger partial charge on any atom is 0.189 e. The fourth-order valence-corrected chi connectivity index (χ4v) is 2.30. The molecular formula is C15H21N3OS. The summed E-state index contributed by atoms with van der Waals surface area (Å²) in [5.41, 5.74) is 8.33. The van der Waals surface area contributed by atoms with Gasteiger partial charge in [-0.25, -0.2) is 0 Å². The highest BCUT2D eigenvalue weighted by molar-refractivity contribution is 7.80. The number of methoxy groups -OCH3 is 1. The number of hydrogen-bond acceptors (Lipinski definition) is 3. The van der Waals surface area contributed by atoms with Crippen LogP contribution in [0.4, 0.5) is 5.69 Å². The Morgan fingerprint density at radius 2 is 2.15 bits per heavy atom. The number of anilines is 1. The van der Waals surface area contributed by atoms with Crippen LogP contribution in [0, 0.1) is 0 Å². The van der Waals surface area contributed by atoms with E-state index >= 15 is 0 Å². The number of hydrazine groups is 1. The second-order valence-electron chi connectivity index (χ2n) is 4.76. The van der Waals surface area contributed by atoms with Crippen molar-refractivity contribution in [2.75, 3.05) is 12.4 Å². The minimum absolute atomic E-state index is 0.545. The third kappa shape index (κ3) is 4.74. The molecule has 3 N–H and O–H groups in total. The van der Waals surface area contributed by atoms with E-state index in [4.69, 9.17) is 17.0 Å². The van der Waals surface area contributed by atoms with Gasteiger partial charge in [0.1, 0.15) is 5.75 Å². The molecule has 4 nitrogen and oxygen atoms in total. The van der Waals surface area contributed by atoms with Crippen LogP contribution in [0.3, 0.4) is 0 Å². The van der Waals surface area contributed by atoms with Gasteiger partial charge < -0.3 is 15.5 Å². The first-order chi connectivity index (χ1) is 9.78.